The monoisotopic (exact) mass is 163 g/mol. The minimum absolute atomic E-state index is 0.362. The molecule has 0 bridgehead atoms. The van der Waals surface area contributed by atoms with Crippen LogP contribution in [0.5, 0.6) is 0 Å². The zero-order valence-corrected chi connectivity index (χ0v) is 5.94. The molecule has 1 nitrogen and oxygen atoms in total. The Balaban J connectivity index is 3.24. The van der Waals surface area contributed by atoms with Gasteiger partial charge in [0.2, 0.25) is 0 Å². The molecule has 0 aliphatic carbocycles. The summed E-state index contributed by atoms with van der Waals surface area (Å²) in [5, 5.41) is 8.04. The van der Waals surface area contributed by atoms with Crippen molar-refractivity contribution in [2.75, 3.05) is 0 Å². The zero-order valence-electron chi connectivity index (χ0n) is 5.94. The molecule has 0 N–H and O–H groups in total. The van der Waals surface area contributed by atoms with Gasteiger partial charge in [0, 0.05) is 5.92 Å². The molecule has 1 aromatic rings. The van der Waals surface area contributed by atoms with E-state index in [1.807, 2.05) is 5.92 Å². The van der Waals surface area contributed by atoms with Crippen molar-refractivity contribution in [2.24, 2.45) is 0 Å². The average molecular weight is 163 g/mol. The maximum atomic E-state index is 12.7. The molecule has 0 heterocycles. The molecule has 0 saturated carbocycles. The van der Waals surface area contributed by atoms with Crippen LogP contribution in [-0.2, 0) is 0 Å². The van der Waals surface area contributed by atoms with E-state index in [9.17, 15) is 8.78 Å². The Labute approximate surface area is 68.2 Å². The van der Waals surface area contributed by atoms with Crippen molar-refractivity contribution >= 4 is 0 Å². The van der Waals surface area contributed by atoms with Gasteiger partial charge in [-0.3, -0.25) is 0 Å². The molecule has 1 rings (SSSR count). The minimum atomic E-state index is -0.752. The van der Waals surface area contributed by atoms with Gasteiger partial charge in [-0.05, 0) is 18.1 Å². The molecule has 3 heteroatoms. The molecule has 0 radical (unpaired) electrons. The molecule has 0 aliphatic heterocycles. The Kier molecular flexibility index (Phi) is 2.40. The topological polar surface area (TPSA) is 23.8 Å². The quantitative estimate of drug-likeness (QED) is 0.535. The Morgan fingerprint density at radius 2 is 1.75 bits per heavy atom. The summed E-state index contributed by atoms with van der Waals surface area (Å²) in [7, 11) is 0. The lowest BCUT2D eigenvalue weighted by molar-refractivity contribution is 0.577. The second kappa shape index (κ2) is 3.50. The molecule has 0 spiro atoms. The van der Waals surface area contributed by atoms with E-state index in [-0.39, 0.29) is 5.56 Å². The molecule has 58 valence electrons. The van der Waals surface area contributed by atoms with E-state index in [4.69, 9.17) is 5.26 Å². The van der Waals surface area contributed by atoms with Gasteiger partial charge >= 0.3 is 0 Å². The highest BCUT2D eigenvalue weighted by Crippen LogP contribution is 2.09. The summed E-state index contributed by atoms with van der Waals surface area (Å²) in [5.41, 5.74) is -0.362. The van der Waals surface area contributed by atoms with Gasteiger partial charge in [-0.2, -0.15) is 5.26 Å². The van der Waals surface area contributed by atoms with Crippen molar-refractivity contribution in [1.29, 1.82) is 5.26 Å². The third kappa shape index (κ3) is 1.59. The van der Waals surface area contributed by atoms with E-state index in [2.05, 4.69) is 5.92 Å². The zero-order chi connectivity index (χ0) is 8.97. The summed E-state index contributed by atoms with van der Waals surface area (Å²) in [5.74, 6) is 2.49. The number of nitriles is 1. The third-order valence-corrected chi connectivity index (χ3v) is 1.21. The van der Waals surface area contributed by atoms with Crippen molar-refractivity contribution in [2.45, 2.75) is 0 Å². The predicted octanol–water partition coefficient (Wildman–Crippen LogP) is 1.84. The number of halogens is 2. The average Bonchev–Trinajstić information content (AvgIpc) is 2.04. The molecule has 12 heavy (non-hydrogen) atoms. The van der Waals surface area contributed by atoms with E-state index in [1.165, 1.54) is 12.1 Å². The number of rotatable bonds is 0. The molecule has 0 aromatic heterocycles. The molecular formula is C9H3F2N. The van der Waals surface area contributed by atoms with E-state index >= 15 is 0 Å². The lowest BCUT2D eigenvalue weighted by Crippen LogP contribution is -1.87. The van der Waals surface area contributed by atoms with Gasteiger partial charge in [-0.25, -0.2) is 8.78 Å². The van der Waals surface area contributed by atoms with Gasteiger partial charge in [-0.15, -0.1) is 0 Å². The number of hydrogen-bond donors (Lipinski definition) is 0. The van der Waals surface area contributed by atoms with Crippen LogP contribution in [-0.4, -0.2) is 0 Å². The highest BCUT2D eigenvalue weighted by Gasteiger charge is 2.03. The predicted molar refractivity (Wildman–Crippen MR) is 38.8 cm³/mol. The van der Waals surface area contributed by atoms with E-state index < -0.39 is 11.6 Å². The highest BCUT2D eigenvalue weighted by atomic mass is 19.1. The number of hydrogen-bond acceptors (Lipinski definition) is 1. The minimum Gasteiger partial charge on any atom is -0.206 e. The fraction of sp³-hybridized carbons (Fsp3) is 0. The van der Waals surface area contributed by atoms with Gasteiger partial charge < -0.3 is 0 Å². The Bertz CT molecular complexity index is 373. The summed E-state index contributed by atoms with van der Waals surface area (Å²) >= 11 is 0. The van der Waals surface area contributed by atoms with Crippen molar-refractivity contribution < 1.29 is 8.78 Å². The molecule has 1 aromatic carbocycles. The summed E-state index contributed by atoms with van der Waals surface area (Å²) in [4.78, 5) is 0. The van der Waals surface area contributed by atoms with Crippen molar-refractivity contribution in [3.8, 4) is 17.9 Å². The van der Waals surface area contributed by atoms with Crippen LogP contribution in [0.15, 0.2) is 18.2 Å². The Morgan fingerprint density at radius 1 is 1.17 bits per heavy atom. The first-order valence-electron chi connectivity index (χ1n) is 3.10. The van der Waals surface area contributed by atoms with Gasteiger partial charge in [0.05, 0.1) is 5.56 Å². The molecular weight excluding hydrogens is 160 g/mol. The van der Waals surface area contributed by atoms with E-state index in [1.54, 1.807) is 0 Å². The largest absolute Gasteiger partial charge is 0.206 e. The van der Waals surface area contributed by atoms with Gasteiger partial charge in [-0.1, -0.05) is 6.07 Å². The molecule has 0 aliphatic rings. The number of nitrogens with zero attached hydrogens (tertiary/aromatic N) is 1. The second-order valence-electron chi connectivity index (χ2n) is 1.96. The van der Waals surface area contributed by atoms with Gasteiger partial charge in [0.1, 0.15) is 11.6 Å². The first-order valence-corrected chi connectivity index (χ1v) is 3.10. The maximum Gasteiger partial charge on any atom is 0.152 e. The van der Waals surface area contributed by atoms with Crippen molar-refractivity contribution in [3.05, 3.63) is 35.4 Å². The van der Waals surface area contributed by atoms with Crippen molar-refractivity contribution in [1.82, 2.24) is 0 Å². The summed E-state index contributed by atoms with van der Waals surface area (Å²) in [6.07, 6.45) is 0. The molecule has 0 unspecified atom stereocenters. The standard InChI is InChI=1S/C9H3F2N/c10-8-4-1-5-9(11)7(8)3-2-6-12/h1,4-5H. The van der Waals surface area contributed by atoms with Crippen molar-refractivity contribution in [3.63, 3.8) is 0 Å². The third-order valence-electron chi connectivity index (χ3n) is 1.21. The molecule has 0 atom stereocenters. The smallest absolute Gasteiger partial charge is 0.152 e. The first kappa shape index (κ1) is 8.23. The van der Waals surface area contributed by atoms with Crippen LogP contribution in [0.4, 0.5) is 8.78 Å². The summed E-state index contributed by atoms with van der Waals surface area (Å²) in [6, 6.07) is 4.89. The number of benzene rings is 1. The fourth-order valence-corrected chi connectivity index (χ4v) is 0.708. The Morgan fingerprint density at radius 3 is 2.25 bits per heavy atom. The van der Waals surface area contributed by atoms with Crippen LogP contribution in [0.1, 0.15) is 5.56 Å². The van der Waals surface area contributed by atoms with Crippen LogP contribution in [0.3, 0.4) is 0 Å². The summed E-state index contributed by atoms with van der Waals surface area (Å²) in [6.45, 7) is 0. The van der Waals surface area contributed by atoms with Crippen LogP contribution in [0.25, 0.3) is 0 Å². The lowest BCUT2D eigenvalue weighted by atomic mass is 10.2. The SMILES string of the molecule is N#CC#Cc1c(F)cccc1F. The van der Waals surface area contributed by atoms with Crippen LogP contribution < -0.4 is 0 Å². The first-order chi connectivity index (χ1) is 5.75. The van der Waals surface area contributed by atoms with Crippen LogP contribution >= 0.6 is 0 Å². The van der Waals surface area contributed by atoms with Crippen LogP contribution in [0.2, 0.25) is 0 Å². The van der Waals surface area contributed by atoms with Gasteiger partial charge in [0.15, 0.2) is 6.07 Å². The van der Waals surface area contributed by atoms with Crippen LogP contribution in [0, 0.1) is 34.8 Å². The molecule has 0 amide bonds. The second-order valence-corrected chi connectivity index (χ2v) is 1.96. The Hall–Kier alpha value is -1.87. The highest BCUT2D eigenvalue weighted by molar-refractivity contribution is 5.39. The normalized spacial score (nSPS) is 8.08. The molecule has 0 saturated heterocycles. The van der Waals surface area contributed by atoms with E-state index in [0.29, 0.717) is 0 Å². The molecule has 0 fully saturated rings. The fourth-order valence-electron chi connectivity index (χ4n) is 0.708. The van der Waals surface area contributed by atoms with Gasteiger partial charge in [0.25, 0.3) is 0 Å². The van der Waals surface area contributed by atoms with E-state index in [0.717, 1.165) is 12.1 Å². The maximum absolute atomic E-state index is 12.7. The summed E-state index contributed by atoms with van der Waals surface area (Å²) < 4.78 is 25.4. The lowest BCUT2D eigenvalue weighted by Gasteiger charge is -1.93.